The number of carboxylic acids is 1. The molecule has 0 spiro atoms. The van der Waals surface area contributed by atoms with E-state index in [-0.39, 0.29) is 29.2 Å². The van der Waals surface area contributed by atoms with Crippen molar-refractivity contribution in [2.24, 2.45) is 5.73 Å². The van der Waals surface area contributed by atoms with Gasteiger partial charge in [-0.1, -0.05) is 24.3 Å². The molecule has 139 valence electrons. The van der Waals surface area contributed by atoms with E-state index in [4.69, 9.17) is 15.9 Å². The van der Waals surface area contributed by atoms with Crippen molar-refractivity contribution in [2.45, 2.75) is 12.5 Å². The summed E-state index contributed by atoms with van der Waals surface area (Å²) in [6, 6.07) is 17.0. The maximum absolute atomic E-state index is 10.4. The number of phenolic OH excluding ortho intramolecular Hbond substituents is 1. The number of pyridine rings is 2. The largest absolute Gasteiger partial charge is 0.508 e. The average molecular weight is 401 g/mol. The summed E-state index contributed by atoms with van der Waals surface area (Å²) in [5.41, 5.74) is 7.95. The average Bonchev–Trinajstić information content (AvgIpc) is 2.65. The van der Waals surface area contributed by atoms with Crippen molar-refractivity contribution < 1.29 is 32.1 Å². The van der Waals surface area contributed by atoms with E-state index in [1.165, 1.54) is 12.1 Å². The molecular formula is C19H19CuN3O3. The van der Waals surface area contributed by atoms with Crippen LogP contribution in [0.1, 0.15) is 5.56 Å². The standard InChI is InChI=1S/C10H8N2.C9H11NO3.Cu/c1-3-7-11-9(5-1)10-6-2-4-8-12-10;10-8(9(12)13)5-6-1-3-7(11)4-2-6;/h1-8H;1-4,8,11H,5,10H2,(H,12,13);. The fraction of sp³-hybridized carbons (Fsp3) is 0.105. The first-order chi connectivity index (χ1) is 12.1. The Morgan fingerprint density at radius 3 is 1.81 bits per heavy atom. The molecule has 4 N–H and O–H groups in total. The molecule has 6 nitrogen and oxygen atoms in total. The molecule has 1 aromatic carbocycles. The molecule has 3 aromatic rings. The predicted octanol–water partition coefficient (Wildman–Crippen LogP) is 2.49. The molecule has 7 heteroatoms. The molecule has 1 radical (unpaired) electrons. The van der Waals surface area contributed by atoms with E-state index in [1.807, 2.05) is 36.4 Å². The number of carbonyl (C=O) groups is 1. The molecule has 2 heterocycles. The molecule has 0 amide bonds. The van der Waals surface area contributed by atoms with E-state index >= 15 is 0 Å². The zero-order valence-electron chi connectivity index (χ0n) is 13.8. The van der Waals surface area contributed by atoms with Crippen LogP contribution >= 0.6 is 0 Å². The molecule has 0 saturated carbocycles. The molecule has 0 aliphatic rings. The molecule has 0 bridgehead atoms. The van der Waals surface area contributed by atoms with E-state index < -0.39 is 12.0 Å². The number of aromatic hydroxyl groups is 1. The smallest absolute Gasteiger partial charge is 0.320 e. The Hall–Kier alpha value is -2.73. The van der Waals surface area contributed by atoms with Crippen molar-refractivity contribution in [3.63, 3.8) is 0 Å². The van der Waals surface area contributed by atoms with Crippen molar-refractivity contribution in [1.82, 2.24) is 9.97 Å². The number of nitrogens with two attached hydrogens (primary N) is 1. The first-order valence-corrected chi connectivity index (χ1v) is 7.65. The molecule has 26 heavy (non-hydrogen) atoms. The molecular weight excluding hydrogens is 382 g/mol. The van der Waals surface area contributed by atoms with Gasteiger partial charge in [-0.15, -0.1) is 0 Å². The third-order valence-corrected chi connectivity index (χ3v) is 3.30. The second-order valence-electron chi connectivity index (χ2n) is 5.25. The van der Waals surface area contributed by atoms with Gasteiger partial charge in [-0.05, 0) is 48.4 Å². The summed E-state index contributed by atoms with van der Waals surface area (Å²) >= 11 is 0. The number of carboxylic acid groups (broad SMARTS) is 1. The molecule has 0 saturated heterocycles. The summed E-state index contributed by atoms with van der Waals surface area (Å²) in [4.78, 5) is 18.8. The number of hydrogen-bond acceptors (Lipinski definition) is 5. The Bertz CT molecular complexity index is 747. The Kier molecular flexibility index (Phi) is 9.01. The van der Waals surface area contributed by atoms with Crippen LogP contribution in [0.4, 0.5) is 0 Å². The third-order valence-electron chi connectivity index (χ3n) is 3.30. The molecule has 2 aromatic heterocycles. The van der Waals surface area contributed by atoms with Gasteiger partial charge in [-0.3, -0.25) is 14.8 Å². The van der Waals surface area contributed by atoms with Gasteiger partial charge in [0.15, 0.2) is 0 Å². The molecule has 0 aliphatic heterocycles. The van der Waals surface area contributed by atoms with Crippen LogP contribution < -0.4 is 5.73 Å². The minimum Gasteiger partial charge on any atom is -0.508 e. The van der Waals surface area contributed by atoms with Crippen molar-refractivity contribution in [3.05, 3.63) is 78.6 Å². The second kappa shape index (κ2) is 11.0. The number of hydrogen-bond donors (Lipinski definition) is 3. The van der Waals surface area contributed by atoms with E-state index in [0.29, 0.717) is 0 Å². The molecule has 3 rings (SSSR count). The predicted molar refractivity (Wildman–Crippen MR) is 94.9 cm³/mol. The van der Waals surface area contributed by atoms with Crippen molar-refractivity contribution in [1.29, 1.82) is 0 Å². The van der Waals surface area contributed by atoms with Crippen molar-refractivity contribution >= 4 is 5.97 Å². The second-order valence-corrected chi connectivity index (χ2v) is 5.25. The summed E-state index contributed by atoms with van der Waals surface area (Å²) in [5.74, 6) is -0.860. The quantitative estimate of drug-likeness (QED) is 0.580. The van der Waals surface area contributed by atoms with Crippen molar-refractivity contribution in [2.75, 3.05) is 0 Å². The molecule has 1 atom stereocenters. The van der Waals surface area contributed by atoms with Gasteiger partial charge >= 0.3 is 5.97 Å². The van der Waals surface area contributed by atoms with Gasteiger partial charge in [0.2, 0.25) is 0 Å². The summed E-state index contributed by atoms with van der Waals surface area (Å²) in [6.07, 6.45) is 3.81. The van der Waals surface area contributed by atoms with Crippen LogP contribution in [0.2, 0.25) is 0 Å². The summed E-state index contributed by atoms with van der Waals surface area (Å²) in [7, 11) is 0. The number of rotatable bonds is 4. The van der Waals surface area contributed by atoms with Crippen LogP contribution in [0.5, 0.6) is 5.75 Å². The Morgan fingerprint density at radius 2 is 1.42 bits per heavy atom. The van der Waals surface area contributed by atoms with Crippen LogP contribution in [0, 0.1) is 0 Å². The molecule has 0 aliphatic carbocycles. The van der Waals surface area contributed by atoms with Gasteiger partial charge in [-0.25, -0.2) is 0 Å². The fourth-order valence-corrected chi connectivity index (χ4v) is 2.00. The number of aromatic nitrogens is 2. The topological polar surface area (TPSA) is 109 Å². The number of benzene rings is 1. The third kappa shape index (κ3) is 7.02. The van der Waals surface area contributed by atoms with E-state index in [0.717, 1.165) is 17.0 Å². The van der Waals surface area contributed by atoms with Gasteiger partial charge in [0.05, 0.1) is 11.4 Å². The summed E-state index contributed by atoms with van der Waals surface area (Å²) in [5, 5.41) is 17.5. The minimum absolute atomic E-state index is 0. The normalized spacial score (nSPS) is 10.7. The Labute approximate surface area is 162 Å². The van der Waals surface area contributed by atoms with E-state index in [9.17, 15) is 4.79 Å². The minimum atomic E-state index is -1.02. The molecule has 0 fully saturated rings. The SMILES string of the molecule is NC(Cc1ccc(O)cc1)C(=O)O.[Cu].c1ccc(-c2ccccn2)nc1. The maximum Gasteiger partial charge on any atom is 0.320 e. The monoisotopic (exact) mass is 400 g/mol. The maximum atomic E-state index is 10.4. The Morgan fingerprint density at radius 1 is 0.923 bits per heavy atom. The van der Waals surface area contributed by atoms with Crippen LogP contribution in [0.15, 0.2) is 73.1 Å². The van der Waals surface area contributed by atoms with E-state index in [2.05, 4.69) is 9.97 Å². The number of aliphatic carboxylic acids is 1. The Balaban J connectivity index is 0.000000251. The van der Waals surface area contributed by atoms with Crippen LogP contribution in [0.25, 0.3) is 11.4 Å². The van der Waals surface area contributed by atoms with Gasteiger partial charge in [0.25, 0.3) is 0 Å². The van der Waals surface area contributed by atoms with Gasteiger partial charge in [0, 0.05) is 29.5 Å². The summed E-state index contributed by atoms with van der Waals surface area (Å²) in [6.45, 7) is 0. The fourth-order valence-electron chi connectivity index (χ4n) is 2.00. The number of phenols is 1. The van der Waals surface area contributed by atoms with Crippen LogP contribution in [-0.2, 0) is 28.3 Å². The first-order valence-electron chi connectivity index (χ1n) is 7.65. The first kappa shape index (κ1) is 21.3. The summed E-state index contributed by atoms with van der Waals surface area (Å²) < 4.78 is 0. The number of nitrogens with zero attached hydrogens (tertiary/aromatic N) is 2. The zero-order chi connectivity index (χ0) is 18.1. The van der Waals surface area contributed by atoms with Crippen LogP contribution in [-0.4, -0.2) is 32.2 Å². The molecule has 1 unspecified atom stereocenters. The van der Waals surface area contributed by atoms with E-state index in [1.54, 1.807) is 24.5 Å². The van der Waals surface area contributed by atoms with Gasteiger partial charge < -0.3 is 15.9 Å². The zero-order valence-corrected chi connectivity index (χ0v) is 14.7. The van der Waals surface area contributed by atoms with Gasteiger partial charge in [-0.2, -0.15) is 0 Å². The van der Waals surface area contributed by atoms with Crippen LogP contribution in [0.3, 0.4) is 0 Å². The van der Waals surface area contributed by atoms with Gasteiger partial charge in [0.1, 0.15) is 11.8 Å². The van der Waals surface area contributed by atoms with Crippen molar-refractivity contribution in [3.8, 4) is 17.1 Å².